The van der Waals surface area contributed by atoms with Crippen molar-refractivity contribution in [1.82, 2.24) is 25.0 Å². The maximum Gasteiger partial charge on any atom is 0.274 e. The molecule has 0 aliphatic carbocycles. The average Bonchev–Trinajstić information content (AvgIpc) is 3.51. The van der Waals surface area contributed by atoms with E-state index in [0.717, 1.165) is 25.1 Å². The summed E-state index contributed by atoms with van der Waals surface area (Å²) < 4.78 is 6.84. The van der Waals surface area contributed by atoms with Crippen LogP contribution in [0.2, 0.25) is 0 Å². The maximum absolute atomic E-state index is 13.4. The summed E-state index contributed by atoms with van der Waals surface area (Å²) >= 11 is 1.53. The van der Waals surface area contributed by atoms with Crippen LogP contribution < -0.4 is 5.32 Å². The van der Waals surface area contributed by atoms with Crippen LogP contribution >= 0.6 is 11.3 Å². The van der Waals surface area contributed by atoms with Gasteiger partial charge in [0.15, 0.2) is 0 Å². The van der Waals surface area contributed by atoms with Crippen molar-refractivity contribution in [3.63, 3.8) is 0 Å². The van der Waals surface area contributed by atoms with Gasteiger partial charge >= 0.3 is 0 Å². The highest BCUT2D eigenvalue weighted by atomic mass is 32.1. The minimum atomic E-state index is -0.659. The van der Waals surface area contributed by atoms with Gasteiger partial charge in [-0.1, -0.05) is 0 Å². The molecule has 2 aliphatic heterocycles. The molecule has 2 fully saturated rings. The lowest BCUT2D eigenvalue weighted by molar-refractivity contribution is -0.133. The predicted molar refractivity (Wildman–Crippen MR) is 109 cm³/mol. The first-order chi connectivity index (χ1) is 14.1. The van der Waals surface area contributed by atoms with Crippen LogP contribution in [-0.2, 0) is 22.5 Å². The Morgan fingerprint density at radius 3 is 2.97 bits per heavy atom. The molecule has 1 N–H and O–H groups in total. The van der Waals surface area contributed by atoms with Crippen molar-refractivity contribution < 1.29 is 14.3 Å². The van der Waals surface area contributed by atoms with Crippen molar-refractivity contribution in [2.45, 2.75) is 51.2 Å². The number of rotatable bonds is 8. The smallest absolute Gasteiger partial charge is 0.274 e. The van der Waals surface area contributed by atoms with Gasteiger partial charge in [0.2, 0.25) is 5.91 Å². The number of thiazole rings is 1. The molecule has 4 rings (SSSR count). The van der Waals surface area contributed by atoms with Crippen LogP contribution in [-0.4, -0.2) is 63.8 Å². The van der Waals surface area contributed by atoms with Crippen LogP contribution in [0.25, 0.3) is 0 Å². The molecular formula is C20H27N5O3S. The van der Waals surface area contributed by atoms with E-state index in [1.54, 1.807) is 23.4 Å². The van der Waals surface area contributed by atoms with E-state index in [9.17, 15) is 9.59 Å². The van der Waals surface area contributed by atoms with Gasteiger partial charge in [0.1, 0.15) is 5.69 Å². The van der Waals surface area contributed by atoms with Gasteiger partial charge in [-0.05, 0) is 32.3 Å². The molecule has 2 aromatic heterocycles. The molecule has 2 bridgehead atoms. The van der Waals surface area contributed by atoms with E-state index in [4.69, 9.17) is 4.74 Å². The third-order valence-corrected chi connectivity index (χ3v) is 6.82. The monoisotopic (exact) mass is 417 g/mol. The Morgan fingerprint density at radius 2 is 2.28 bits per heavy atom. The van der Waals surface area contributed by atoms with Crippen molar-refractivity contribution in [1.29, 1.82) is 0 Å². The molecule has 2 aliphatic rings. The summed E-state index contributed by atoms with van der Waals surface area (Å²) in [5.41, 5.74) is 2.49. The number of aromatic nitrogens is 3. The third-order valence-electron chi connectivity index (χ3n) is 6.18. The van der Waals surface area contributed by atoms with Crippen LogP contribution in [0.15, 0.2) is 23.2 Å². The molecular weight excluding hydrogens is 390 g/mol. The first kappa shape index (κ1) is 20.0. The topological polar surface area (TPSA) is 89.4 Å². The van der Waals surface area contributed by atoms with E-state index in [2.05, 4.69) is 15.4 Å². The molecule has 9 heteroatoms. The van der Waals surface area contributed by atoms with Gasteiger partial charge in [-0.3, -0.25) is 14.3 Å². The fourth-order valence-corrected chi connectivity index (χ4v) is 5.44. The summed E-state index contributed by atoms with van der Waals surface area (Å²) in [6.45, 7) is 3.63. The van der Waals surface area contributed by atoms with Gasteiger partial charge in [-0.25, -0.2) is 4.98 Å². The first-order valence-corrected chi connectivity index (χ1v) is 11.0. The number of carbonyl (C=O) groups is 2. The summed E-state index contributed by atoms with van der Waals surface area (Å²) in [4.78, 5) is 33.0. The fraction of sp³-hybridized carbons (Fsp3) is 0.600. The standard InChI is InChI=1S/C20H27N5O3S/c1-3-24-8-6-16(23-24)18(26)25-15-4-5-17(25)20(11-15,10-14-12-29-13-22-14)19(27)21-7-9-28-2/h6,8,12-13,15,17H,3-5,7,9-11H2,1-2H3,(H,21,27)/t15-,17+,20+/m1/s1. The van der Waals surface area contributed by atoms with Crippen molar-refractivity contribution >= 4 is 23.2 Å². The summed E-state index contributed by atoms with van der Waals surface area (Å²) in [6, 6.07) is 1.69. The maximum atomic E-state index is 13.4. The van der Waals surface area contributed by atoms with Crippen LogP contribution in [0, 0.1) is 5.41 Å². The highest BCUT2D eigenvalue weighted by Gasteiger charge is 2.61. The minimum absolute atomic E-state index is 0.00774. The zero-order chi connectivity index (χ0) is 20.4. The van der Waals surface area contributed by atoms with Gasteiger partial charge in [-0.2, -0.15) is 5.10 Å². The lowest BCUT2D eigenvalue weighted by Crippen LogP contribution is -2.51. The number of ether oxygens (including phenoxy) is 1. The molecule has 3 atom stereocenters. The molecule has 0 saturated carbocycles. The average molecular weight is 418 g/mol. The van der Waals surface area contributed by atoms with Crippen LogP contribution in [0.4, 0.5) is 0 Å². The van der Waals surface area contributed by atoms with Crippen LogP contribution in [0.3, 0.4) is 0 Å². The molecule has 2 saturated heterocycles. The summed E-state index contributed by atoms with van der Waals surface area (Å²) in [6.07, 6.45) is 4.78. The molecule has 0 aromatic carbocycles. The SMILES string of the molecule is CCn1ccc(C(=O)N2[C@@H]3CC[C@H]2[C@@](Cc2cscn2)(C(=O)NCCOC)C3)n1. The molecule has 2 aromatic rings. The molecule has 156 valence electrons. The quantitative estimate of drug-likeness (QED) is 0.661. The molecule has 0 unspecified atom stereocenters. The second-order valence-corrected chi connectivity index (χ2v) is 8.50. The summed E-state index contributed by atoms with van der Waals surface area (Å²) in [7, 11) is 1.62. The van der Waals surface area contributed by atoms with Crippen molar-refractivity contribution in [2.75, 3.05) is 20.3 Å². The van der Waals surface area contributed by atoms with E-state index >= 15 is 0 Å². The van der Waals surface area contributed by atoms with Gasteiger partial charge in [0.05, 0.1) is 23.2 Å². The highest BCUT2D eigenvalue weighted by molar-refractivity contribution is 7.07. The Morgan fingerprint density at radius 1 is 1.41 bits per heavy atom. The Labute approximate surface area is 174 Å². The predicted octanol–water partition coefficient (Wildman–Crippen LogP) is 1.73. The van der Waals surface area contributed by atoms with Crippen molar-refractivity contribution in [3.8, 4) is 0 Å². The largest absolute Gasteiger partial charge is 0.383 e. The second-order valence-electron chi connectivity index (χ2n) is 7.78. The first-order valence-electron chi connectivity index (χ1n) is 10.1. The number of aryl methyl sites for hydroxylation is 1. The van der Waals surface area contributed by atoms with Gasteiger partial charge in [0, 0.05) is 50.3 Å². The molecule has 29 heavy (non-hydrogen) atoms. The highest BCUT2D eigenvalue weighted by Crippen LogP contribution is 2.52. The Hall–Kier alpha value is -2.26. The van der Waals surface area contributed by atoms with Crippen molar-refractivity contribution in [3.05, 3.63) is 34.5 Å². The number of methoxy groups -OCH3 is 1. The molecule has 2 amide bonds. The lowest BCUT2D eigenvalue weighted by Gasteiger charge is -2.35. The van der Waals surface area contributed by atoms with Gasteiger partial charge in [-0.15, -0.1) is 11.3 Å². The fourth-order valence-electron chi connectivity index (χ4n) is 4.88. The number of amides is 2. The zero-order valence-corrected chi connectivity index (χ0v) is 17.7. The molecule has 8 nitrogen and oxygen atoms in total. The zero-order valence-electron chi connectivity index (χ0n) is 16.8. The Kier molecular flexibility index (Phi) is 5.69. The van der Waals surface area contributed by atoms with E-state index in [0.29, 0.717) is 31.7 Å². The normalized spacial score (nSPS) is 25.5. The number of hydrogen-bond acceptors (Lipinski definition) is 6. The van der Waals surface area contributed by atoms with E-state index in [1.165, 1.54) is 11.3 Å². The number of nitrogens with one attached hydrogen (secondary N) is 1. The number of carbonyl (C=O) groups excluding carboxylic acids is 2. The van der Waals surface area contributed by atoms with Crippen LogP contribution in [0.1, 0.15) is 42.4 Å². The summed E-state index contributed by atoms with van der Waals surface area (Å²) in [5.74, 6) is -0.0822. The summed E-state index contributed by atoms with van der Waals surface area (Å²) in [5, 5.41) is 9.42. The van der Waals surface area contributed by atoms with Gasteiger partial charge in [0.25, 0.3) is 5.91 Å². The Bertz CT molecular complexity index is 867. The molecule has 4 heterocycles. The van der Waals surface area contributed by atoms with Crippen LogP contribution in [0.5, 0.6) is 0 Å². The van der Waals surface area contributed by atoms with Gasteiger partial charge < -0.3 is 15.0 Å². The van der Waals surface area contributed by atoms with E-state index in [-0.39, 0.29) is 23.9 Å². The Balaban J connectivity index is 1.62. The number of fused-ring (bicyclic) bond motifs is 2. The number of nitrogens with zero attached hydrogens (tertiary/aromatic N) is 4. The van der Waals surface area contributed by atoms with E-state index < -0.39 is 5.41 Å². The minimum Gasteiger partial charge on any atom is -0.383 e. The molecule has 0 spiro atoms. The van der Waals surface area contributed by atoms with Crippen molar-refractivity contribution in [2.24, 2.45) is 5.41 Å². The molecule has 0 radical (unpaired) electrons. The van der Waals surface area contributed by atoms with E-state index in [1.807, 2.05) is 23.4 Å². The lowest BCUT2D eigenvalue weighted by atomic mass is 9.70. The third kappa shape index (κ3) is 3.57. The number of hydrogen-bond donors (Lipinski definition) is 1. The second kappa shape index (κ2) is 8.23.